The highest BCUT2D eigenvalue weighted by molar-refractivity contribution is 5.91. The Morgan fingerprint density at radius 3 is 1.87 bits per heavy atom. The standard InChI is InChI=1S/C21H36N2O7/c1-14(2)18(22)20(26)28-12-8-5-6-10-16(24)30-17(25)11-7-9-13-29-21(27)19(23)15(3)4/h7,11,14-15,18-19H,5-6,8-10,12-13,22-23H2,1-4H3/b11-7-/t18-,19-/m0/s1. The molecule has 0 aromatic rings. The molecule has 0 saturated carbocycles. The van der Waals surface area contributed by atoms with E-state index in [0.29, 0.717) is 25.7 Å². The first-order chi connectivity index (χ1) is 14.1. The van der Waals surface area contributed by atoms with Gasteiger partial charge >= 0.3 is 23.9 Å². The van der Waals surface area contributed by atoms with Crippen molar-refractivity contribution in [1.82, 2.24) is 0 Å². The Bertz CT molecular complexity index is 588. The van der Waals surface area contributed by atoms with Crippen molar-refractivity contribution in [2.45, 2.75) is 71.9 Å². The molecule has 0 fully saturated rings. The maximum atomic E-state index is 11.6. The average molecular weight is 429 g/mol. The van der Waals surface area contributed by atoms with E-state index in [1.807, 2.05) is 27.7 Å². The van der Waals surface area contributed by atoms with Crippen molar-refractivity contribution in [3.05, 3.63) is 12.2 Å². The van der Waals surface area contributed by atoms with E-state index >= 15 is 0 Å². The molecule has 0 aliphatic carbocycles. The van der Waals surface area contributed by atoms with E-state index in [1.54, 1.807) is 0 Å². The monoisotopic (exact) mass is 428 g/mol. The van der Waals surface area contributed by atoms with Crippen molar-refractivity contribution in [2.75, 3.05) is 13.2 Å². The molecule has 0 aromatic carbocycles. The second kappa shape index (κ2) is 15.6. The summed E-state index contributed by atoms with van der Waals surface area (Å²) in [4.78, 5) is 46.3. The molecule has 0 unspecified atom stereocenters. The highest BCUT2D eigenvalue weighted by Gasteiger charge is 2.19. The first kappa shape index (κ1) is 27.7. The molecule has 0 bridgehead atoms. The van der Waals surface area contributed by atoms with Crippen LogP contribution in [-0.4, -0.2) is 49.2 Å². The first-order valence-corrected chi connectivity index (χ1v) is 10.3. The van der Waals surface area contributed by atoms with Gasteiger partial charge in [-0.3, -0.25) is 14.4 Å². The Morgan fingerprint density at radius 2 is 1.33 bits per heavy atom. The van der Waals surface area contributed by atoms with E-state index < -0.39 is 36.0 Å². The van der Waals surface area contributed by atoms with E-state index in [2.05, 4.69) is 4.74 Å². The minimum Gasteiger partial charge on any atom is -0.465 e. The predicted molar refractivity (Wildman–Crippen MR) is 111 cm³/mol. The van der Waals surface area contributed by atoms with Crippen LogP contribution >= 0.6 is 0 Å². The molecule has 9 heteroatoms. The molecule has 4 N–H and O–H groups in total. The van der Waals surface area contributed by atoms with Crippen LogP contribution in [0.25, 0.3) is 0 Å². The lowest BCUT2D eigenvalue weighted by molar-refractivity contribution is -0.156. The maximum absolute atomic E-state index is 11.6. The summed E-state index contributed by atoms with van der Waals surface area (Å²) in [6.45, 7) is 7.64. The zero-order valence-electron chi connectivity index (χ0n) is 18.4. The van der Waals surface area contributed by atoms with Crippen molar-refractivity contribution < 1.29 is 33.4 Å². The highest BCUT2D eigenvalue weighted by atomic mass is 16.6. The Morgan fingerprint density at radius 1 is 0.800 bits per heavy atom. The van der Waals surface area contributed by atoms with Crippen molar-refractivity contribution in [1.29, 1.82) is 0 Å². The van der Waals surface area contributed by atoms with Crippen LogP contribution in [0.2, 0.25) is 0 Å². The maximum Gasteiger partial charge on any atom is 0.338 e. The Balaban J connectivity index is 3.82. The first-order valence-electron chi connectivity index (χ1n) is 10.3. The number of carbonyl (C=O) groups is 4. The Labute approximate surface area is 178 Å². The molecule has 0 radical (unpaired) electrons. The van der Waals surface area contributed by atoms with Crippen molar-refractivity contribution in [3.63, 3.8) is 0 Å². The molecular formula is C21H36N2O7. The van der Waals surface area contributed by atoms with Crippen LogP contribution in [0.3, 0.4) is 0 Å². The third-order valence-electron chi connectivity index (χ3n) is 4.25. The van der Waals surface area contributed by atoms with E-state index in [0.717, 1.165) is 6.08 Å². The van der Waals surface area contributed by atoms with Crippen LogP contribution in [-0.2, 0) is 33.4 Å². The quantitative estimate of drug-likeness (QED) is 0.138. The Hall–Kier alpha value is -2.26. The van der Waals surface area contributed by atoms with Crippen LogP contribution in [0.1, 0.15) is 59.8 Å². The average Bonchev–Trinajstić information content (AvgIpc) is 2.68. The predicted octanol–water partition coefficient (Wildman–Crippen LogP) is 1.62. The van der Waals surface area contributed by atoms with Gasteiger partial charge in [-0.15, -0.1) is 0 Å². The molecule has 0 saturated heterocycles. The minimum atomic E-state index is -0.776. The van der Waals surface area contributed by atoms with Crippen LogP contribution in [0.4, 0.5) is 0 Å². The van der Waals surface area contributed by atoms with Gasteiger partial charge in [0.2, 0.25) is 0 Å². The number of ether oxygens (including phenoxy) is 3. The van der Waals surface area contributed by atoms with Crippen LogP contribution in [0, 0.1) is 11.8 Å². The number of esters is 4. The summed E-state index contributed by atoms with van der Waals surface area (Å²) in [6.07, 6.45) is 4.72. The van der Waals surface area contributed by atoms with Gasteiger partial charge in [0, 0.05) is 18.9 Å². The molecule has 0 aliphatic heterocycles. The molecule has 0 aliphatic rings. The summed E-state index contributed by atoms with van der Waals surface area (Å²) in [7, 11) is 0. The number of hydrogen-bond donors (Lipinski definition) is 2. The zero-order chi connectivity index (χ0) is 23.1. The largest absolute Gasteiger partial charge is 0.465 e. The highest BCUT2D eigenvalue weighted by Crippen LogP contribution is 2.05. The van der Waals surface area contributed by atoms with Gasteiger partial charge in [-0.25, -0.2) is 4.79 Å². The number of hydrogen-bond acceptors (Lipinski definition) is 9. The molecule has 0 amide bonds. The molecule has 0 rings (SSSR count). The zero-order valence-corrected chi connectivity index (χ0v) is 18.4. The van der Waals surface area contributed by atoms with Gasteiger partial charge in [-0.05, 0) is 31.1 Å². The lowest BCUT2D eigenvalue weighted by Crippen LogP contribution is -2.37. The number of rotatable bonds is 14. The van der Waals surface area contributed by atoms with Gasteiger partial charge in [0.15, 0.2) is 0 Å². The summed E-state index contributed by atoms with van der Waals surface area (Å²) in [6, 6.07) is -1.31. The number of nitrogens with two attached hydrogens (primary N) is 2. The lowest BCUT2D eigenvalue weighted by atomic mass is 10.1. The summed E-state index contributed by atoms with van der Waals surface area (Å²) >= 11 is 0. The number of carbonyl (C=O) groups excluding carboxylic acids is 4. The smallest absolute Gasteiger partial charge is 0.338 e. The lowest BCUT2D eigenvalue weighted by Gasteiger charge is -2.14. The summed E-state index contributed by atoms with van der Waals surface area (Å²) in [5.74, 6) is -2.34. The van der Waals surface area contributed by atoms with E-state index in [4.69, 9.17) is 20.9 Å². The Kier molecular flexibility index (Phi) is 14.4. The minimum absolute atomic E-state index is 0.0112. The normalized spacial score (nSPS) is 13.3. The van der Waals surface area contributed by atoms with Crippen molar-refractivity contribution in [2.24, 2.45) is 23.3 Å². The van der Waals surface area contributed by atoms with Gasteiger partial charge in [0.1, 0.15) is 12.1 Å². The fourth-order valence-corrected chi connectivity index (χ4v) is 2.06. The molecule has 30 heavy (non-hydrogen) atoms. The third-order valence-corrected chi connectivity index (χ3v) is 4.25. The molecule has 172 valence electrons. The van der Waals surface area contributed by atoms with Crippen LogP contribution < -0.4 is 11.5 Å². The van der Waals surface area contributed by atoms with Crippen molar-refractivity contribution >= 4 is 23.9 Å². The van der Waals surface area contributed by atoms with Crippen LogP contribution in [0.5, 0.6) is 0 Å². The fraction of sp³-hybridized carbons (Fsp3) is 0.714. The summed E-state index contributed by atoms with van der Waals surface area (Å²) in [5.41, 5.74) is 11.3. The second-order valence-electron chi connectivity index (χ2n) is 7.67. The van der Waals surface area contributed by atoms with Crippen LogP contribution in [0.15, 0.2) is 12.2 Å². The topological polar surface area (TPSA) is 148 Å². The molecule has 0 heterocycles. The van der Waals surface area contributed by atoms with E-state index in [9.17, 15) is 19.2 Å². The SMILES string of the molecule is CC(C)[C@H](N)C(=O)OCC/C=C\C(=O)OC(=O)CCCCCOC(=O)[C@@H](N)C(C)C. The second-order valence-corrected chi connectivity index (χ2v) is 7.67. The molecule has 0 aromatic heterocycles. The molecule has 0 spiro atoms. The van der Waals surface area contributed by atoms with E-state index in [1.165, 1.54) is 6.08 Å². The van der Waals surface area contributed by atoms with Crippen molar-refractivity contribution in [3.8, 4) is 0 Å². The third kappa shape index (κ3) is 13.1. The molecule has 9 nitrogen and oxygen atoms in total. The van der Waals surface area contributed by atoms with Gasteiger partial charge in [-0.1, -0.05) is 33.8 Å². The fourth-order valence-electron chi connectivity index (χ4n) is 2.06. The van der Waals surface area contributed by atoms with Gasteiger partial charge in [-0.2, -0.15) is 0 Å². The van der Waals surface area contributed by atoms with E-state index in [-0.39, 0.29) is 31.5 Å². The van der Waals surface area contributed by atoms with Gasteiger partial charge < -0.3 is 25.7 Å². The summed E-state index contributed by atoms with van der Waals surface area (Å²) < 4.78 is 14.7. The molecule has 2 atom stereocenters. The van der Waals surface area contributed by atoms with Gasteiger partial charge in [0.25, 0.3) is 0 Å². The number of unbranched alkanes of at least 4 members (excludes halogenated alkanes) is 2. The molecular weight excluding hydrogens is 392 g/mol. The van der Waals surface area contributed by atoms with Gasteiger partial charge in [0.05, 0.1) is 13.2 Å². The summed E-state index contributed by atoms with van der Waals surface area (Å²) in [5, 5.41) is 0.